The topological polar surface area (TPSA) is 86.8 Å². The minimum Gasteiger partial charge on any atom is -0.352 e. The summed E-state index contributed by atoms with van der Waals surface area (Å²) in [5, 5.41) is 3.13. The molecule has 0 saturated heterocycles. The predicted molar refractivity (Wildman–Crippen MR) is 152 cm³/mol. The van der Waals surface area contributed by atoms with Crippen LogP contribution in [0.4, 0.5) is 10.1 Å². The number of nitrogens with one attached hydrogen (secondary N) is 1. The van der Waals surface area contributed by atoms with E-state index in [1.165, 1.54) is 60.4 Å². The van der Waals surface area contributed by atoms with Crippen LogP contribution in [0.15, 0.2) is 77.7 Å². The summed E-state index contributed by atoms with van der Waals surface area (Å²) in [6.07, 6.45) is 0.667. The van der Waals surface area contributed by atoms with E-state index in [4.69, 9.17) is 23.2 Å². The molecule has 0 aliphatic carbocycles. The second-order valence-corrected chi connectivity index (χ2v) is 11.7. The average Bonchev–Trinajstić information content (AvgIpc) is 2.92. The molecule has 0 fully saturated rings. The van der Waals surface area contributed by atoms with Gasteiger partial charge in [0.15, 0.2) is 0 Å². The molecule has 208 valence electrons. The summed E-state index contributed by atoms with van der Waals surface area (Å²) < 4.78 is 42.9. The van der Waals surface area contributed by atoms with Crippen molar-refractivity contribution in [2.45, 2.75) is 50.7 Å². The number of sulfonamides is 1. The molecule has 2 amide bonds. The van der Waals surface area contributed by atoms with Gasteiger partial charge in [-0.15, -0.1) is 0 Å². The summed E-state index contributed by atoms with van der Waals surface area (Å²) >= 11 is 12.2. The van der Waals surface area contributed by atoms with Crippen molar-refractivity contribution in [1.29, 1.82) is 0 Å². The van der Waals surface area contributed by atoms with Gasteiger partial charge in [-0.2, -0.15) is 0 Å². The van der Waals surface area contributed by atoms with Crippen LogP contribution < -0.4 is 9.62 Å². The highest BCUT2D eigenvalue weighted by molar-refractivity contribution is 7.92. The van der Waals surface area contributed by atoms with Crippen LogP contribution in [0.1, 0.15) is 32.8 Å². The van der Waals surface area contributed by atoms with E-state index < -0.39 is 40.2 Å². The first-order valence-corrected chi connectivity index (χ1v) is 14.5. The van der Waals surface area contributed by atoms with Crippen LogP contribution in [-0.4, -0.2) is 43.8 Å². The molecule has 7 nitrogen and oxygen atoms in total. The van der Waals surface area contributed by atoms with E-state index in [1.807, 2.05) is 13.8 Å². The molecular weight excluding hydrogens is 564 g/mol. The zero-order chi connectivity index (χ0) is 28.7. The lowest BCUT2D eigenvalue weighted by Crippen LogP contribution is -2.52. The molecule has 0 spiro atoms. The highest BCUT2D eigenvalue weighted by Gasteiger charge is 2.33. The molecule has 1 N–H and O–H groups in total. The lowest BCUT2D eigenvalue weighted by Gasteiger charge is -2.32. The number of halogens is 3. The molecule has 39 heavy (non-hydrogen) atoms. The number of amides is 2. The number of benzene rings is 3. The third-order valence-electron chi connectivity index (χ3n) is 6.27. The van der Waals surface area contributed by atoms with Crippen molar-refractivity contribution < 1.29 is 22.4 Å². The fraction of sp³-hybridized carbons (Fsp3) is 0.286. The van der Waals surface area contributed by atoms with E-state index in [1.54, 1.807) is 24.3 Å². The van der Waals surface area contributed by atoms with Crippen molar-refractivity contribution in [3.63, 3.8) is 0 Å². The quantitative estimate of drug-likeness (QED) is 0.311. The summed E-state index contributed by atoms with van der Waals surface area (Å²) in [5.74, 6) is -1.71. The van der Waals surface area contributed by atoms with Gasteiger partial charge >= 0.3 is 0 Å². The van der Waals surface area contributed by atoms with E-state index >= 15 is 0 Å². The standard InChI is InChI=1S/C28H30Cl2FN3O4S/c1-4-19(2)32-28(36)20(3)33(17-21-10-8-9-13-26(21)31)27(35)18-34(22-14-15-24(29)25(30)16-22)39(37,38)23-11-6-5-7-12-23/h5-16,19-20H,4,17-18H2,1-3H3,(H,32,36)/t19-,20+/m1/s1. The molecular formula is C28H30Cl2FN3O4S. The van der Waals surface area contributed by atoms with Crippen molar-refractivity contribution in [3.8, 4) is 0 Å². The Morgan fingerprint density at radius 3 is 2.21 bits per heavy atom. The Morgan fingerprint density at radius 2 is 1.59 bits per heavy atom. The number of carbonyl (C=O) groups excluding carboxylic acids is 2. The highest BCUT2D eigenvalue weighted by Crippen LogP contribution is 2.31. The number of hydrogen-bond donors (Lipinski definition) is 1. The van der Waals surface area contributed by atoms with Crippen LogP contribution in [0.25, 0.3) is 0 Å². The monoisotopic (exact) mass is 593 g/mol. The van der Waals surface area contributed by atoms with Crippen molar-refractivity contribution in [1.82, 2.24) is 10.2 Å². The first kappa shape index (κ1) is 30.4. The van der Waals surface area contributed by atoms with Crippen LogP contribution in [0.2, 0.25) is 10.0 Å². The average molecular weight is 595 g/mol. The molecule has 0 aliphatic rings. The summed E-state index contributed by atoms with van der Waals surface area (Å²) in [5.41, 5.74) is 0.283. The molecule has 0 radical (unpaired) electrons. The fourth-order valence-electron chi connectivity index (χ4n) is 3.75. The number of rotatable bonds is 11. The van der Waals surface area contributed by atoms with E-state index in [-0.39, 0.29) is 38.8 Å². The molecule has 0 bridgehead atoms. The Labute approximate surface area is 238 Å². The molecule has 11 heteroatoms. The zero-order valence-corrected chi connectivity index (χ0v) is 24.1. The maximum absolute atomic E-state index is 14.6. The van der Waals surface area contributed by atoms with Crippen LogP contribution in [0, 0.1) is 5.82 Å². The highest BCUT2D eigenvalue weighted by atomic mass is 35.5. The third-order valence-corrected chi connectivity index (χ3v) is 8.80. The first-order valence-electron chi connectivity index (χ1n) is 12.3. The Bertz CT molecular complexity index is 1420. The Morgan fingerprint density at radius 1 is 0.949 bits per heavy atom. The lowest BCUT2D eigenvalue weighted by atomic mass is 10.1. The number of nitrogens with zero attached hydrogens (tertiary/aromatic N) is 2. The molecule has 0 unspecified atom stereocenters. The lowest BCUT2D eigenvalue weighted by molar-refractivity contribution is -0.139. The number of carbonyl (C=O) groups is 2. The minimum absolute atomic E-state index is 0.0490. The molecule has 3 aromatic rings. The second kappa shape index (κ2) is 13.3. The van der Waals surface area contributed by atoms with Gasteiger partial charge in [-0.05, 0) is 56.7 Å². The van der Waals surface area contributed by atoms with E-state index in [2.05, 4.69) is 5.32 Å². The first-order chi connectivity index (χ1) is 18.4. The maximum Gasteiger partial charge on any atom is 0.264 e. The third kappa shape index (κ3) is 7.50. The summed E-state index contributed by atoms with van der Waals surface area (Å²) in [7, 11) is -4.25. The molecule has 0 aromatic heterocycles. The van der Waals surface area contributed by atoms with E-state index in [9.17, 15) is 22.4 Å². The van der Waals surface area contributed by atoms with Gasteiger partial charge in [0.25, 0.3) is 10.0 Å². The van der Waals surface area contributed by atoms with Crippen LogP contribution >= 0.6 is 23.2 Å². The smallest absolute Gasteiger partial charge is 0.264 e. The summed E-state index contributed by atoms with van der Waals surface area (Å²) in [6, 6.07) is 16.5. The molecule has 0 heterocycles. The molecule has 2 atom stereocenters. The van der Waals surface area contributed by atoms with Gasteiger partial charge < -0.3 is 10.2 Å². The van der Waals surface area contributed by atoms with Crippen LogP contribution in [0.3, 0.4) is 0 Å². The zero-order valence-electron chi connectivity index (χ0n) is 21.8. The van der Waals surface area contributed by atoms with Crippen LogP contribution in [-0.2, 0) is 26.2 Å². The van der Waals surface area contributed by atoms with Gasteiger partial charge in [-0.1, -0.05) is 66.5 Å². The largest absolute Gasteiger partial charge is 0.352 e. The Hall–Kier alpha value is -3.14. The molecule has 3 aromatic carbocycles. The van der Waals surface area contributed by atoms with Gasteiger partial charge in [0.05, 0.1) is 20.6 Å². The van der Waals surface area contributed by atoms with Crippen LogP contribution in [0.5, 0.6) is 0 Å². The second-order valence-electron chi connectivity index (χ2n) is 9.03. The summed E-state index contributed by atoms with van der Waals surface area (Å²) in [6.45, 7) is 4.32. The van der Waals surface area contributed by atoms with Gasteiger partial charge in [0.1, 0.15) is 18.4 Å². The number of anilines is 1. The van der Waals surface area contributed by atoms with Crippen molar-refractivity contribution in [2.24, 2.45) is 0 Å². The van der Waals surface area contributed by atoms with E-state index in [0.29, 0.717) is 6.42 Å². The SMILES string of the molecule is CC[C@@H](C)NC(=O)[C@H](C)N(Cc1ccccc1F)C(=O)CN(c1ccc(Cl)c(Cl)c1)S(=O)(=O)c1ccccc1. The summed E-state index contributed by atoms with van der Waals surface area (Å²) in [4.78, 5) is 28.0. The van der Waals surface area contributed by atoms with Crippen molar-refractivity contribution in [3.05, 3.63) is 94.2 Å². The normalized spacial score (nSPS) is 12.9. The van der Waals surface area contributed by atoms with Gasteiger partial charge in [-0.3, -0.25) is 13.9 Å². The minimum atomic E-state index is -4.25. The van der Waals surface area contributed by atoms with Gasteiger partial charge in [0.2, 0.25) is 11.8 Å². The fourth-order valence-corrected chi connectivity index (χ4v) is 5.47. The van der Waals surface area contributed by atoms with E-state index in [0.717, 1.165) is 4.31 Å². The Balaban J connectivity index is 2.05. The molecule has 0 aliphatic heterocycles. The van der Waals surface area contributed by atoms with Gasteiger partial charge in [-0.25, -0.2) is 12.8 Å². The maximum atomic E-state index is 14.6. The van der Waals surface area contributed by atoms with Crippen molar-refractivity contribution >= 4 is 50.7 Å². The predicted octanol–water partition coefficient (Wildman–Crippen LogP) is 5.66. The van der Waals surface area contributed by atoms with Gasteiger partial charge in [0, 0.05) is 18.2 Å². The molecule has 0 saturated carbocycles. The Kier molecular flexibility index (Phi) is 10.4. The van der Waals surface area contributed by atoms with Crippen molar-refractivity contribution in [2.75, 3.05) is 10.8 Å². The molecule has 3 rings (SSSR count). The number of hydrogen-bond acceptors (Lipinski definition) is 4.